The number of piperazine rings is 1. The van der Waals surface area contributed by atoms with Gasteiger partial charge in [-0.1, -0.05) is 30.3 Å². The van der Waals surface area contributed by atoms with Crippen LogP contribution in [0.4, 0.5) is 19.1 Å². The van der Waals surface area contributed by atoms with E-state index >= 15 is 0 Å². The first-order valence-corrected chi connectivity index (χ1v) is 12.5. The molecule has 1 aliphatic rings. The van der Waals surface area contributed by atoms with Gasteiger partial charge >= 0.3 is 12.1 Å². The average Bonchev–Trinajstić information content (AvgIpc) is 2.87. The molecule has 4 rings (SSSR count). The molecule has 8 nitrogen and oxygen atoms in total. The first kappa shape index (κ1) is 25.6. The van der Waals surface area contributed by atoms with Gasteiger partial charge in [0.05, 0.1) is 21.7 Å². The molecule has 1 aromatic heterocycles. The molecule has 3 aromatic rings. The number of sulfonamides is 1. The lowest BCUT2D eigenvalue weighted by Gasteiger charge is -2.34. The molecule has 0 spiro atoms. The van der Waals surface area contributed by atoms with E-state index in [9.17, 15) is 26.4 Å². The first-order valence-electron chi connectivity index (χ1n) is 11.0. The molecule has 0 radical (unpaired) electrons. The zero-order valence-corrected chi connectivity index (χ0v) is 20.1. The Kier molecular flexibility index (Phi) is 7.27. The van der Waals surface area contributed by atoms with Gasteiger partial charge in [0.15, 0.2) is 0 Å². The van der Waals surface area contributed by atoms with Gasteiger partial charge < -0.3 is 9.64 Å². The van der Waals surface area contributed by atoms with Crippen LogP contribution < -0.4 is 4.90 Å². The maximum absolute atomic E-state index is 12.9. The zero-order valence-electron chi connectivity index (χ0n) is 19.3. The van der Waals surface area contributed by atoms with Crippen molar-refractivity contribution < 1.29 is 31.1 Å². The highest BCUT2D eigenvalue weighted by atomic mass is 32.2. The van der Waals surface area contributed by atoms with Crippen molar-refractivity contribution >= 4 is 21.9 Å². The number of aryl methyl sites for hydroxylation is 1. The molecule has 1 fully saturated rings. The highest BCUT2D eigenvalue weighted by molar-refractivity contribution is 7.89. The second kappa shape index (κ2) is 10.2. The lowest BCUT2D eigenvalue weighted by atomic mass is 10.2. The summed E-state index contributed by atoms with van der Waals surface area (Å²) in [7, 11) is -3.95. The van der Waals surface area contributed by atoms with Crippen LogP contribution in [0.25, 0.3) is 0 Å². The maximum Gasteiger partial charge on any atom is 0.416 e. The van der Waals surface area contributed by atoms with E-state index in [0.29, 0.717) is 11.6 Å². The second-order valence-electron chi connectivity index (χ2n) is 8.14. The summed E-state index contributed by atoms with van der Waals surface area (Å²) in [6.45, 7) is 2.54. The summed E-state index contributed by atoms with van der Waals surface area (Å²) in [6, 6.07) is 12.7. The van der Waals surface area contributed by atoms with Gasteiger partial charge in [0.1, 0.15) is 6.61 Å². The number of halogens is 3. The van der Waals surface area contributed by atoms with E-state index in [1.54, 1.807) is 11.8 Å². The number of alkyl halides is 3. The Labute approximate surface area is 206 Å². The van der Waals surface area contributed by atoms with Crippen molar-refractivity contribution in [2.45, 2.75) is 24.6 Å². The van der Waals surface area contributed by atoms with Crippen LogP contribution in [-0.4, -0.2) is 54.8 Å². The highest BCUT2D eigenvalue weighted by Gasteiger charge is 2.33. The molecule has 2 aromatic carbocycles. The smallest absolute Gasteiger partial charge is 0.416 e. The van der Waals surface area contributed by atoms with Crippen LogP contribution in [-0.2, 0) is 27.5 Å². The number of ether oxygens (including phenoxy) is 1. The summed E-state index contributed by atoms with van der Waals surface area (Å²) in [4.78, 5) is 22.7. The van der Waals surface area contributed by atoms with Crippen LogP contribution >= 0.6 is 0 Å². The van der Waals surface area contributed by atoms with Crippen LogP contribution in [0.5, 0.6) is 0 Å². The average molecular weight is 521 g/mol. The van der Waals surface area contributed by atoms with Crippen LogP contribution in [0, 0.1) is 6.92 Å². The molecule has 2 heterocycles. The molecule has 12 heteroatoms. The molecular weight excluding hydrogens is 497 g/mol. The molecule has 0 atom stereocenters. The molecule has 36 heavy (non-hydrogen) atoms. The van der Waals surface area contributed by atoms with Crippen molar-refractivity contribution in [1.29, 1.82) is 0 Å². The lowest BCUT2D eigenvalue weighted by molar-refractivity contribution is -0.137. The van der Waals surface area contributed by atoms with Gasteiger partial charge in [0.25, 0.3) is 0 Å². The van der Waals surface area contributed by atoms with E-state index in [4.69, 9.17) is 4.74 Å². The molecule has 0 amide bonds. The van der Waals surface area contributed by atoms with Gasteiger partial charge in [-0.2, -0.15) is 17.5 Å². The normalized spacial score (nSPS) is 15.1. The van der Waals surface area contributed by atoms with Gasteiger partial charge in [0, 0.05) is 32.4 Å². The number of rotatable bonds is 6. The third kappa shape index (κ3) is 5.65. The van der Waals surface area contributed by atoms with Crippen molar-refractivity contribution in [1.82, 2.24) is 14.3 Å². The molecule has 1 saturated heterocycles. The van der Waals surface area contributed by atoms with Crippen LogP contribution in [0.3, 0.4) is 0 Å². The molecule has 0 bridgehead atoms. The maximum atomic E-state index is 12.9. The Balaban J connectivity index is 1.37. The number of anilines is 1. The van der Waals surface area contributed by atoms with E-state index < -0.39 is 27.7 Å². The Morgan fingerprint density at radius 3 is 2.22 bits per heavy atom. The number of hydrogen-bond acceptors (Lipinski definition) is 7. The predicted molar refractivity (Wildman–Crippen MR) is 125 cm³/mol. The number of benzene rings is 2. The van der Waals surface area contributed by atoms with Gasteiger partial charge in [-0.3, -0.25) is 0 Å². The van der Waals surface area contributed by atoms with E-state index in [0.717, 1.165) is 29.8 Å². The summed E-state index contributed by atoms with van der Waals surface area (Å²) >= 11 is 0. The van der Waals surface area contributed by atoms with Gasteiger partial charge in [-0.05, 0) is 36.8 Å². The molecule has 190 valence electrons. The van der Waals surface area contributed by atoms with Crippen molar-refractivity contribution in [3.8, 4) is 0 Å². The Morgan fingerprint density at radius 2 is 1.64 bits per heavy atom. The van der Waals surface area contributed by atoms with Crippen molar-refractivity contribution in [2.24, 2.45) is 0 Å². The monoisotopic (exact) mass is 520 g/mol. The molecule has 0 aliphatic carbocycles. The Bertz CT molecular complexity index is 1330. The Morgan fingerprint density at radius 1 is 1.00 bits per heavy atom. The topological polar surface area (TPSA) is 92.7 Å². The van der Waals surface area contributed by atoms with Crippen LogP contribution in [0.1, 0.15) is 27.2 Å². The summed E-state index contributed by atoms with van der Waals surface area (Å²) in [6.07, 6.45) is -3.16. The molecule has 0 N–H and O–H groups in total. The number of aromatic nitrogens is 2. The van der Waals surface area contributed by atoms with Gasteiger partial charge in [-0.25, -0.2) is 23.2 Å². The largest absolute Gasteiger partial charge is 0.457 e. The number of nitrogens with zero attached hydrogens (tertiary/aromatic N) is 4. The van der Waals surface area contributed by atoms with E-state index in [-0.39, 0.29) is 43.2 Å². The van der Waals surface area contributed by atoms with Crippen LogP contribution in [0.2, 0.25) is 0 Å². The third-order valence-electron chi connectivity index (χ3n) is 5.74. The van der Waals surface area contributed by atoms with Crippen molar-refractivity contribution in [3.05, 3.63) is 83.2 Å². The van der Waals surface area contributed by atoms with Crippen molar-refractivity contribution in [2.75, 3.05) is 31.1 Å². The van der Waals surface area contributed by atoms with Crippen molar-refractivity contribution in [3.63, 3.8) is 0 Å². The minimum absolute atomic E-state index is 0.104. The summed E-state index contributed by atoms with van der Waals surface area (Å²) in [5.74, 6) is -0.200. The molecular formula is C24H23F3N4O4S. The lowest BCUT2D eigenvalue weighted by Crippen LogP contribution is -2.49. The standard InChI is InChI=1S/C24H23F3N4O4S/c1-17-21(22(32)35-16-18-5-3-2-4-6-18)15-28-23(29-17)30-11-13-31(14-12-30)36(33,34)20-9-7-19(8-10-20)24(25,26)27/h2-10,15H,11-14,16H2,1H3. The van der Waals surface area contributed by atoms with E-state index in [1.807, 2.05) is 30.3 Å². The van der Waals surface area contributed by atoms with Gasteiger partial charge in [-0.15, -0.1) is 0 Å². The summed E-state index contributed by atoms with van der Waals surface area (Å²) in [5, 5.41) is 0. The van der Waals surface area contributed by atoms with Gasteiger partial charge in [0.2, 0.25) is 16.0 Å². The summed E-state index contributed by atoms with van der Waals surface area (Å²) < 4.78 is 70.6. The molecule has 0 saturated carbocycles. The minimum atomic E-state index is -4.54. The minimum Gasteiger partial charge on any atom is -0.457 e. The zero-order chi connectivity index (χ0) is 25.9. The number of hydrogen-bond donors (Lipinski definition) is 0. The first-order chi connectivity index (χ1) is 17.1. The van der Waals surface area contributed by atoms with E-state index in [1.165, 1.54) is 10.5 Å². The Hall–Kier alpha value is -3.51. The fourth-order valence-electron chi connectivity index (χ4n) is 3.70. The fourth-order valence-corrected chi connectivity index (χ4v) is 5.12. The summed E-state index contributed by atoms with van der Waals surface area (Å²) in [5.41, 5.74) is 0.604. The molecule has 0 unspecified atom stereocenters. The number of carbonyl (C=O) groups excluding carboxylic acids is 1. The van der Waals surface area contributed by atoms with Crippen LogP contribution in [0.15, 0.2) is 65.7 Å². The number of esters is 1. The highest BCUT2D eigenvalue weighted by Crippen LogP contribution is 2.30. The second-order valence-corrected chi connectivity index (χ2v) is 10.1. The quantitative estimate of drug-likeness (QED) is 0.458. The third-order valence-corrected chi connectivity index (χ3v) is 7.65. The SMILES string of the molecule is Cc1nc(N2CCN(S(=O)(=O)c3ccc(C(F)(F)F)cc3)CC2)ncc1C(=O)OCc1ccccc1. The predicted octanol–water partition coefficient (Wildman–Crippen LogP) is 3.67. The molecule has 1 aliphatic heterocycles. The van der Waals surface area contributed by atoms with E-state index in [2.05, 4.69) is 9.97 Å². The number of carbonyl (C=O) groups is 1. The fraction of sp³-hybridized carbons (Fsp3) is 0.292.